The molecule has 6 aliphatic heterocycles. The van der Waals surface area contributed by atoms with Crippen LogP contribution in [0.5, 0.6) is 34.5 Å². The van der Waals surface area contributed by atoms with E-state index in [1.807, 2.05) is 36.7 Å². The topological polar surface area (TPSA) is 322 Å². The number of carbonyl (C=O) groups excluding carboxylic acids is 3. The van der Waals surface area contributed by atoms with Crippen LogP contribution in [-0.4, -0.2) is 151 Å². The van der Waals surface area contributed by atoms with Crippen molar-refractivity contribution >= 4 is 139 Å². The SMILES string of the molecule is Brc1ccc2c(c1)C=CC2.C.CO.COC1=CCc2ncc(Br)cc21.N=NN=NCl.O=C1/C(=C/c2c[nH]c3ncc(Br)cc23)Oc2c1ccc(O)c2CN1CCCCC1.O=C1/C(=C/c2c[nH]c3ncc(Br)cc23)Oc2c1ccc(O)c2CN1CCNCC1.O=C1COc2c1ccc(O)c2CN1CCCCC1. The number of benzene rings is 4. The van der Waals surface area contributed by atoms with E-state index in [0.29, 0.717) is 64.7 Å². The zero-order valence-corrected chi connectivity index (χ0v) is 64.5. The molecule has 2 aliphatic carbocycles. The first-order valence-corrected chi connectivity index (χ1v) is 37.4. The summed E-state index contributed by atoms with van der Waals surface area (Å²) in [6.07, 6.45) is 27.9. The first kappa shape index (κ1) is 79.7. The highest BCUT2D eigenvalue weighted by Gasteiger charge is 2.35. The predicted octanol–water partition coefficient (Wildman–Crippen LogP) is 16.8. The number of Topliss-reactive ketones (excluding diaryl/α,β-unsaturated/α-hetero) is 3. The molecule has 0 radical (unpaired) electrons. The van der Waals surface area contributed by atoms with Gasteiger partial charge < -0.3 is 54.7 Å². The zero-order valence-electron chi connectivity index (χ0n) is 57.4. The van der Waals surface area contributed by atoms with Crippen molar-refractivity contribution in [1.29, 1.82) is 5.53 Å². The Hall–Kier alpha value is -8.81. The smallest absolute Gasteiger partial charge is 0.231 e. The van der Waals surface area contributed by atoms with E-state index in [1.54, 1.807) is 74.3 Å². The molecule has 0 spiro atoms. The van der Waals surface area contributed by atoms with Gasteiger partial charge in [0.25, 0.3) is 0 Å². The summed E-state index contributed by atoms with van der Waals surface area (Å²) in [6, 6.07) is 22.0. The Labute approximate surface area is 651 Å². The molecular weight excluding hydrogens is 1640 g/mol. The van der Waals surface area contributed by atoms with Crippen LogP contribution in [0.2, 0.25) is 0 Å². The van der Waals surface area contributed by atoms with Gasteiger partial charge in [0.05, 0.1) is 58.0 Å². The van der Waals surface area contributed by atoms with Crippen molar-refractivity contribution in [3.8, 4) is 34.5 Å². The second-order valence-electron chi connectivity index (χ2n) is 25.0. The van der Waals surface area contributed by atoms with E-state index in [4.69, 9.17) is 29.6 Å². The molecule has 24 nitrogen and oxygen atoms in total. The molecule has 5 aromatic heterocycles. The molecule has 554 valence electrons. The Morgan fingerprint density at radius 3 is 1.59 bits per heavy atom. The molecule has 0 amide bonds. The standard InChI is InChI=1S/C22H20BrN3O3.C21H19BrN4O3.C14H17NO3.C9H8BrNO.C9H7Br.CH4O.CH4.ClHN4/c23-14-9-16-13(10-24-22(16)25-11-14)8-19-20(28)15-4-5-18(27)17(21(15)29-19)12-26-6-2-1-3-7-26;22-13-8-15-12(9-24-21(15)25-10-13)7-18-19(28)14-1-2-17(27)16(20(14)29-18)11-26-5-3-23-4-6-26;16-12-5-4-10-13(17)9-18-14(10)11(12)8-15-6-2-1-3-7-15;1-12-9-3-2-8-7(9)4-6(10)5-11-8;10-9-5-4-7-2-1-3-8(7)6-9;1-2;;1-3-5-4-2/h4-5,8-11,27H,1-3,6-7,12H2,(H,24,25);1-2,7-10,23,27H,3-6,11H2,(H,24,25);4-5,16H,1-3,6-9H2;3-5H,2H2,1H3;1,3-6H,2H2;2H,1H3;1H4;2H/b19-8-;18-7-;;;;;;. The lowest BCUT2D eigenvalue weighted by Gasteiger charge is -2.27. The van der Waals surface area contributed by atoms with Crippen LogP contribution >= 0.6 is 75.5 Å². The minimum atomic E-state index is -0.182. The number of allylic oxidation sites excluding steroid dienone is 4. The van der Waals surface area contributed by atoms with E-state index in [-0.39, 0.29) is 60.2 Å². The third-order valence-electron chi connectivity index (χ3n) is 18.3. The maximum atomic E-state index is 13.0. The van der Waals surface area contributed by atoms with Gasteiger partial charge >= 0.3 is 0 Å². The fraction of sp³-hybridized carbons (Fsp3) is 0.299. The number of H-pyrrole nitrogens is 2. The maximum absolute atomic E-state index is 13.0. The number of halogens is 5. The normalized spacial score (nSPS) is 16.8. The summed E-state index contributed by atoms with van der Waals surface area (Å²) >= 11 is 18.2. The number of aliphatic hydroxyl groups excluding tert-OH is 1. The molecule has 29 heteroatoms. The largest absolute Gasteiger partial charge is 0.507 e. The van der Waals surface area contributed by atoms with Crippen LogP contribution in [0.25, 0.3) is 46.1 Å². The number of phenolic OH excluding ortho intramolecular Hbond substituents is 3. The van der Waals surface area contributed by atoms with Crippen LogP contribution in [0.15, 0.2) is 160 Å². The molecule has 11 heterocycles. The van der Waals surface area contributed by atoms with Crippen molar-refractivity contribution in [2.24, 2.45) is 15.1 Å². The van der Waals surface area contributed by atoms with E-state index >= 15 is 0 Å². The van der Waals surface area contributed by atoms with Gasteiger partial charge in [0.2, 0.25) is 17.3 Å². The number of likely N-dealkylation sites (tertiary alicyclic amines) is 2. The summed E-state index contributed by atoms with van der Waals surface area (Å²) < 4.78 is 29.1. The lowest BCUT2D eigenvalue weighted by atomic mass is 10.0. The van der Waals surface area contributed by atoms with Gasteiger partial charge in [-0.05, 0) is 213 Å². The molecule has 3 fully saturated rings. The number of nitrogens with zero attached hydrogens (tertiary/aromatic N) is 9. The maximum Gasteiger partial charge on any atom is 0.231 e. The first-order chi connectivity index (χ1) is 51.0. The van der Waals surface area contributed by atoms with E-state index < -0.39 is 0 Å². The van der Waals surface area contributed by atoms with Crippen molar-refractivity contribution in [2.45, 2.75) is 78.4 Å². The number of aromatic hydroxyl groups is 3. The number of aliphatic hydroxyl groups is 1. The molecule has 3 saturated heterocycles. The van der Waals surface area contributed by atoms with Crippen LogP contribution in [0.3, 0.4) is 0 Å². The van der Waals surface area contributed by atoms with Crippen LogP contribution in [0.4, 0.5) is 0 Å². The van der Waals surface area contributed by atoms with Gasteiger partial charge in [-0.2, -0.15) is 5.53 Å². The molecule has 9 aromatic rings. The van der Waals surface area contributed by atoms with Crippen molar-refractivity contribution < 1.29 is 53.8 Å². The number of ketones is 3. The van der Waals surface area contributed by atoms with Crippen molar-refractivity contribution in [1.82, 2.24) is 44.9 Å². The minimum Gasteiger partial charge on any atom is -0.507 e. The number of carbonyl (C=O) groups is 3. The monoisotopic (exact) mass is 1710 g/mol. The molecule has 106 heavy (non-hydrogen) atoms. The Balaban J connectivity index is 0.000000145. The van der Waals surface area contributed by atoms with Gasteiger partial charge in [0.15, 0.2) is 18.1 Å². The average Bonchev–Trinajstić information content (AvgIpc) is 1.62. The highest BCUT2D eigenvalue weighted by atomic mass is 79.9. The Morgan fingerprint density at radius 2 is 1.09 bits per heavy atom. The second kappa shape index (κ2) is 38.1. The summed E-state index contributed by atoms with van der Waals surface area (Å²) in [7, 11) is 2.68. The fourth-order valence-corrected chi connectivity index (χ4v) is 14.5. The number of piperidine rings is 2. The number of pyridine rings is 3. The number of aromatic nitrogens is 5. The van der Waals surface area contributed by atoms with E-state index in [1.165, 1.54) is 36.8 Å². The Kier molecular flexibility index (Phi) is 28.7. The van der Waals surface area contributed by atoms with Crippen LogP contribution in [0.1, 0.15) is 127 Å². The molecule has 0 atom stereocenters. The molecule has 0 bridgehead atoms. The molecular formula is C77H80Br4ClN13O11. The van der Waals surface area contributed by atoms with Crippen molar-refractivity contribution in [2.75, 3.05) is 73.2 Å². The highest BCUT2D eigenvalue weighted by Crippen LogP contribution is 2.43. The Bertz CT molecular complexity index is 4670. The van der Waals surface area contributed by atoms with E-state index in [0.717, 1.165) is 159 Å². The number of ether oxygens (including phenoxy) is 4. The third-order valence-corrected chi connectivity index (χ3v) is 20.2. The number of methoxy groups -OCH3 is 1. The predicted molar refractivity (Wildman–Crippen MR) is 422 cm³/mol. The van der Waals surface area contributed by atoms with Crippen molar-refractivity contribution in [3.05, 3.63) is 212 Å². The van der Waals surface area contributed by atoms with Gasteiger partial charge in [-0.25, -0.2) is 9.97 Å². The molecule has 8 aliphatic rings. The lowest BCUT2D eigenvalue weighted by molar-refractivity contribution is 0.0959. The highest BCUT2D eigenvalue weighted by molar-refractivity contribution is 9.11. The van der Waals surface area contributed by atoms with Gasteiger partial charge in [0, 0.05) is 136 Å². The summed E-state index contributed by atoms with van der Waals surface area (Å²) in [5.41, 5.74) is 17.7. The van der Waals surface area contributed by atoms with Crippen LogP contribution in [-0.2, 0) is 37.2 Å². The number of rotatable bonds is 10. The van der Waals surface area contributed by atoms with Gasteiger partial charge in [0.1, 0.15) is 51.6 Å². The first-order valence-electron chi connectivity index (χ1n) is 33.9. The number of hydrogen-bond donors (Lipinski definition) is 8. The number of hydrogen-bond acceptors (Lipinski definition) is 20. The van der Waals surface area contributed by atoms with Gasteiger partial charge in [-0.1, -0.05) is 59.0 Å². The van der Waals surface area contributed by atoms with Gasteiger partial charge in [-0.3, -0.25) is 34.1 Å². The molecule has 17 rings (SSSR count). The van der Waals surface area contributed by atoms with Crippen LogP contribution < -0.4 is 19.5 Å². The summed E-state index contributed by atoms with van der Waals surface area (Å²) in [5.74, 6) is 3.16. The number of nitrogens with one attached hydrogen (secondary N) is 4. The third kappa shape index (κ3) is 19.5. The molecule has 0 saturated carbocycles. The van der Waals surface area contributed by atoms with E-state index in [9.17, 15) is 29.7 Å². The molecule has 8 N–H and O–H groups in total. The second-order valence-corrected chi connectivity index (χ2v) is 28.9. The average molecular weight is 1720 g/mol. The van der Waals surface area contributed by atoms with Gasteiger partial charge in [-0.15, -0.1) is 0 Å². The molecule has 0 unspecified atom stereocenters. The zero-order chi connectivity index (χ0) is 74.1. The Morgan fingerprint density at radius 1 is 0.604 bits per heavy atom. The lowest BCUT2D eigenvalue weighted by Crippen LogP contribution is -2.42. The number of phenols is 3. The van der Waals surface area contributed by atoms with E-state index in [2.05, 4.69) is 166 Å². The number of piperazine rings is 1. The summed E-state index contributed by atoms with van der Waals surface area (Å²) in [5, 5.41) is 48.0. The quantitative estimate of drug-likeness (QED) is 0.0358. The van der Waals surface area contributed by atoms with Crippen molar-refractivity contribution in [3.63, 3.8) is 0 Å². The number of aromatic amines is 2. The summed E-state index contributed by atoms with van der Waals surface area (Å²) in [6.45, 7) is 9.58. The van der Waals surface area contributed by atoms with Crippen LogP contribution in [0, 0.1) is 5.53 Å². The molecule has 4 aromatic carbocycles. The fourth-order valence-electron chi connectivity index (χ4n) is 13.1. The number of fused-ring (bicyclic) bond motifs is 7. The minimum absolute atomic E-state index is 0. The summed E-state index contributed by atoms with van der Waals surface area (Å²) in [4.78, 5) is 63.5.